The van der Waals surface area contributed by atoms with E-state index >= 15 is 0 Å². The summed E-state index contributed by atoms with van der Waals surface area (Å²) < 4.78 is 0. The minimum atomic E-state index is -0.0494. The molecular weight excluding hydrogens is 236 g/mol. The van der Waals surface area contributed by atoms with Gasteiger partial charge in [0.15, 0.2) is 0 Å². The zero-order valence-corrected chi connectivity index (χ0v) is 11.2. The van der Waals surface area contributed by atoms with Crippen molar-refractivity contribution < 1.29 is 4.79 Å². The second kappa shape index (κ2) is 5.57. The van der Waals surface area contributed by atoms with Crippen LogP contribution in [0.5, 0.6) is 0 Å². The number of hydrogen-bond donors (Lipinski definition) is 2. The molecule has 0 unspecified atom stereocenters. The third-order valence-electron chi connectivity index (χ3n) is 3.02. The Morgan fingerprint density at radius 1 is 1.16 bits per heavy atom. The number of carbonyl (C=O) groups is 1. The Balaban J connectivity index is 2.10. The predicted molar refractivity (Wildman–Crippen MR) is 79.1 cm³/mol. The predicted octanol–water partition coefficient (Wildman–Crippen LogP) is 3.07. The first kappa shape index (κ1) is 13.1. The van der Waals surface area contributed by atoms with Crippen LogP contribution in [-0.4, -0.2) is 5.91 Å². The van der Waals surface area contributed by atoms with Crippen LogP contribution in [0.2, 0.25) is 0 Å². The molecule has 0 aromatic heterocycles. The van der Waals surface area contributed by atoms with E-state index < -0.39 is 0 Å². The number of aryl methyl sites for hydroxylation is 2. The van der Waals surface area contributed by atoms with Crippen molar-refractivity contribution in [3.05, 3.63) is 59.2 Å². The molecule has 1 amide bonds. The number of carbonyl (C=O) groups excluding carboxylic acids is 1. The molecule has 3 N–H and O–H groups in total. The monoisotopic (exact) mass is 254 g/mol. The average Bonchev–Trinajstić information content (AvgIpc) is 2.34. The molecule has 0 atom stereocenters. The molecular formula is C16H18N2O. The van der Waals surface area contributed by atoms with E-state index in [1.807, 2.05) is 50.2 Å². The van der Waals surface area contributed by atoms with Crippen LogP contribution in [0, 0.1) is 13.8 Å². The van der Waals surface area contributed by atoms with E-state index in [1.165, 1.54) is 0 Å². The summed E-state index contributed by atoms with van der Waals surface area (Å²) in [6.45, 7) is 3.94. The van der Waals surface area contributed by atoms with E-state index in [-0.39, 0.29) is 5.91 Å². The molecule has 19 heavy (non-hydrogen) atoms. The van der Waals surface area contributed by atoms with Gasteiger partial charge in [-0.1, -0.05) is 42.0 Å². The van der Waals surface area contributed by atoms with Gasteiger partial charge in [-0.3, -0.25) is 4.79 Å². The molecule has 2 aromatic carbocycles. The molecule has 98 valence electrons. The summed E-state index contributed by atoms with van der Waals surface area (Å²) in [7, 11) is 0. The summed E-state index contributed by atoms with van der Waals surface area (Å²) in [6.07, 6.45) is 0.357. The van der Waals surface area contributed by atoms with E-state index in [9.17, 15) is 4.79 Å². The highest BCUT2D eigenvalue weighted by Gasteiger charge is 2.08. The molecule has 0 saturated carbocycles. The largest absolute Gasteiger partial charge is 0.397 e. The Bertz CT molecular complexity index is 585. The molecule has 0 aliphatic rings. The fourth-order valence-corrected chi connectivity index (χ4v) is 2.05. The molecule has 0 aliphatic heterocycles. The normalized spacial score (nSPS) is 10.2. The topological polar surface area (TPSA) is 55.1 Å². The molecule has 0 heterocycles. The highest BCUT2D eigenvalue weighted by Crippen LogP contribution is 2.22. The number of para-hydroxylation sites is 1. The number of nitrogen functional groups attached to an aromatic ring is 1. The Morgan fingerprint density at radius 3 is 2.58 bits per heavy atom. The van der Waals surface area contributed by atoms with Gasteiger partial charge < -0.3 is 11.1 Å². The van der Waals surface area contributed by atoms with Crippen LogP contribution in [0.25, 0.3) is 0 Å². The van der Waals surface area contributed by atoms with E-state index in [2.05, 4.69) is 5.32 Å². The van der Waals surface area contributed by atoms with Crippen molar-refractivity contribution in [2.75, 3.05) is 11.1 Å². The number of rotatable bonds is 3. The second-order valence-corrected chi connectivity index (χ2v) is 4.75. The smallest absolute Gasteiger partial charge is 0.228 e. The summed E-state index contributed by atoms with van der Waals surface area (Å²) in [4.78, 5) is 12.0. The quantitative estimate of drug-likeness (QED) is 0.827. The van der Waals surface area contributed by atoms with Crippen molar-refractivity contribution in [2.24, 2.45) is 0 Å². The number of anilines is 2. The fourth-order valence-electron chi connectivity index (χ4n) is 2.05. The molecule has 2 rings (SSSR count). The standard InChI is InChI=1S/C16H18N2O/c1-11-5-3-7-13(9-11)10-15(19)18-16-12(2)6-4-8-14(16)17/h3-9H,10,17H2,1-2H3,(H,18,19). The third kappa shape index (κ3) is 3.35. The van der Waals surface area contributed by atoms with Crippen LogP contribution >= 0.6 is 0 Å². The van der Waals surface area contributed by atoms with E-state index in [4.69, 9.17) is 5.73 Å². The van der Waals surface area contributed by atoms with Gasteiger partial charge in [0.1, 0.15) is 0 Å². The molecule has 0 saturated heterocycles. The molecule has 2 aromatic rings. The van der Waals surface area contributed by atoms with Crippen LogP contribution in [0.15, 0.2) is 42.5 Å². The lowest BCUT2D eigenvalue weighted by Gasteiger charge is -2.11. The maximum absolute atomic E-state index is 12.0. The fraction of sp³-hybridized carbons (Fsp3) is 0.188. The molecule has 0 bridgehead atoms. The average molecular weight is 254 g/mol. The highest BCUT2D eigenvalue weighted by molar-refractivity contribution is 5.96. The van der Waals surface area contributed by atoms with Gasteiger partial charge in [0, 0.05) is 0 Å². The minimum absolute atomic E-state index is 0.0494. The molecule has 0 spiro atoms. The van der Waals surface area contributed by atoms with Crippen LogP contribution in [0.3, 0.4) is 0 Å². The Hall–Kier alpha value is -2.29. The van der Waals surface area contributed by atoms with Gasteiger partial charge in [-0.15, -0.1) is 0 Å². The number of hydrogen-bond acceptors (Lipinski definition) is 2. The molecule has 3 heteroatoms. The minimum Gasteiger partial charge on any atom is -0.397 e. The van der Waals surface area contributed by atoms with Gasteiger partial charge in [-0.25, -0.2) is 0 Å². The summed E-state index contributed by atoms with van der Waals surface area (Å²) in [5.74, 6) is -0.0494. The first-order valence-corrected chi connectivity index (χ1v) is 6.27. The summed E-state index contributed by atoms with van der Waals surface area (Å²) in [6, 6.07) is 13.5. The van der Waals surface area contributed by atoms with Crippen LogP contribution in [-0.2, 0) is 11.2 Å². The van der Waals surface area contributed by atoms with Crippen molar-refractivity contribution in [1.82, 2.24) is 0 Å². The van der Waals surface area contributed by atoms with Gasteiger partial charge in [0.05, 0.1) is 17.8 Å². The van der Waals surface area contributed by atoms with Crippen LogP contribution < -0.4 is 11.1 Å². The Kier molecular flexibility index (Phi) is 3.85. The number of benzene rings is 2. The Morgan fingerprint density at radius 2 is 1.89 bits per heavy atom. The van der Waals surface area contributed by atoms with Gasteiger partial charge in [-0.2, -0.15) is 0 Å². The zero-order chi connectivity index (χ0) is 13.8. The number of nitrogens with one attached hydrogen (secondary N) is 1. The number of amides is 1. The van der Waals surface area contributed by atoms with E-state index in [0.717, 1.165) is 16.7 Å². The van der Waals surface area contributed by atoms with E-state index in [1.54, 1.807) is 6.07 Å². The Labute approximate surface area is 113 Å². The van der Waals surface area contributed by atoms with Crippen molar-refractivity contribution in [2.45, 2.75) is 20.3 Å². The van der Waals surface area contributed by atoms with Gasteiger partial charge >= 0.3 is 0 Å². The lowest BCUT2D eigenvalue weighted by Crippen LogP contribution is -2.16. The SMILES string of the molecule is Cc1cccc(CC(=O)Nc2c(C)cccc2N)c1. The summed E-state index contributed by atoms with van der Waals surface area (Å²) >= 11 is 0. The molecule has 3 nitrogen and oxygen atoms in total. The molecule has 0 fully saturated rings. The number of nitrogens with two attached hydrogens (primary N) is 1. The first-order chi connectivity index (χ1) is 9.06. The molecule has 0 radical (unpaired) electrons. The third-order valence-corrected chi connectivity index (χ3v) is 3.02. The lowest BCUT2D eigenvalue weighted by molar-refractivity contribution is -0.115. The van der Waals surface area contributed by atoms with Gasteiger partial charge in [0.2, 0.25) is 5.91 Å². The van der Waals surface area contributed by atoms with Crippen molar-refractivity contribution in [1.29, 1.82) is 0 Å². The molecule has 0 aliphatic carbocycles. The highest BCUT2D eigenvalue weighted by atomic mass is 16.1. The summed E-state index contributed by atoms with van der Waals surface area (Å²) in [5.41, 5.74) is 10.3. The zero-order valence-electron chi connectivity index (χ0n) is 11.2. The van der Waals surface area contributed by atoms with Gasteiger partial charge in [-0.05, 0) is 31.0 Å². The maximum atomic E-state index is 12.0. The van der Waals surface area contributed by atoms with Crippen molar-refractivity contribution in [3.8, 4) is 0 Å². The first-order valence-electron chi connectivity index (χ1n) is 6.27. The van der Waals surface area contributed by atoms with Crippen molar-refractivity contribution >= 4 is 17.3 Å². The second-order valence-electron chi connectivity index (χ2n) is 4.75. The van der Waals surface area contributed by atoms with E-state index in [0.29, 0.717) is 17.8 Å². The van der Waals surface area contributed by atoms with Crippen LogP contribution in [0.1, 0.15) is 16.7 Å². The lowest BCUT2D eigenvalue weighted by atomic mass is 10.1. The van der Waals surface area contributed by atoms with Crippen LogP contribution in [0.4, 0.5) is 11.4 Å². The van der Waals surface area contributed by atoms with Gasteiger partial charge in [0.25, 0.3) is 0 Å². The maximum Gasteiger partial charge on any atom is 0.228 e. The summed E-state index contributed by atoms with van der Waals surface area (Å²) in [5, 5.41) is 2.88. The van der Waals surface area contributed by atoms with Crippen molar-refractivity contribution in [3.63, 3.8) is 0 Å².